The first kappa shape index (κ1) is 16.7. The summed E-state index contributed by atoms with van der Waals surface area (Å²) >= 11 is 1.33. The first-order chi connectivity index (χ1) is 12.8. The molecule has 26 heavy (non-hydrogen) atoms. The van der Waals surface area contributed by atoms with Gasteiger partial charge in [-0.25, -0.2) is 4.98 Å². The normalized spacial score (nSPS) is 13.4. The maximum absolute atomic E-state index is 12.1. The van der Waals surface area contributed by atoms with Gasteiger partial charge >= 0.3 is 0 Å². The van der Waals surface area contributed by atoms with Gasteiger partial charge in [-0.2, -0.15) is 0 Å². The molecule has 6 nitrogen and oxygen atoms in total. The van der Waals surface area contributed by atoms with E-state index in [1.54, 1.807) is 0 Å². The number of aromatic amines is 1. The summed E-state index contributed by atoms with van der Waals surface area (Å²) in [4.78, 5) is 16.5. The Balaban J connectivity index is 1.26. The number of ether oxygens (including phenoxy) is 1. The molecule has 0 aliphatic heterocycles. The Morgan fingerprint density at radius 2 is 1.85 bits per heavy atom. The van der Waals surface area contributed by atoms with Crippen LogP contribution in [0.5, 0.6) is 11.5 Å². The van der Waals surface area contributed by atoms with Crippen molar-refractivity contribution in [3.05, 3.63) is 60.4 Å². The van der Waals surface area contributed by atoms with Crippen LogP contribution in [0.1, 0.15) is 24.6 Å². The first-order valence-corrected chi connectivity index (χ1v) is 9.43. The second-order valence-corrected chi connectivity index (χ2v) is 7.00. The summed E-state index contributed by atoms with van der Waals surface area (Å²) in [5.74, 6) is 3.13. The van der Waals surface area contributed by atoms with Crippen molar-refractivity contribution < 1.29 is 9.53 Å². The molecule has 0 radical (unpaired) electrons. The topological polar surface area (TPSA) is 79.9 Å². The number of para-hydroxylation sites is 1. The predicted molar refractivity (Wildman–Crippen MR) is 101 cm³/mol. The Morgan fingerprint density at radius 3 is 2.58 bits per heavy atom. The van der Waals surface area contributed by atoms with Crippen molar-refractivity contribution in [3.63, 3.8) is 0 Å². The quantitative estimate of drug-likeness (QED) is 0.613. The van der Waals surface area contributed by atoms with Crippen molar-refractivity contribution in [2.45, 2.75) is 23.9 Å². The number of hydrogen-bond donors (Lipinski definition) is 2. The number of anilines is 1. The van der Waals surface area contributed by atoms with E-state index in [9.17, 15) is 4.79 Å². The number of amides is 1. The molecule has 1 heterocycles. The summed E-state index contributed by atoms with van der Waals surface area (Å²) in [5, 5.41) is 10.6. The van der Waals surface area contributed by atoms with Gasteiger partial charge in [-0.15, -0.1) is 5.10 Å². The predicted octanol–water partition coefficient (Wildman–Crippen LogP) is 4.21. The largest absolute Gasteiger partial charge is 0.457 e. The van der Waals surface area contributed by atoms with E-state index in [1.807, 2.05) is 54.6 Å². The Kier molecular flexibility index (Phi) is 4.88. The van der Waals surface area contributed by atoms with Gasteiger partial charge in [-0.05, 0) is 49.2 Å². The van der Waals surface area contributed by atoms with Crippen LogP contribution in [-0.4, -0.2) is 26.8 Å². The van der Waals surface area contributed by atoms with Crippen LogP contribution in [-0.2, 0) is 4.79 Å². The summed E-state index contributed by atoms with van der Waals surface area (Å²) in [6, 6.07) is 16.9. The molecule has 7 heteroatoms. The maximum Gasteiger partial charge on any atom is 0.234 e. The van der Waals surface area contributed by atoms with Crippen LogP contribution >= 0.6 is 11.8 Å². The molecule has 1 fully saturated rings. The molecule has 132 valence electrons. The van der Waals surface area contributed by atoms with E-state index in [1.165, 1.54) is 24.6 Å². The number of benzene rings is 2. The minimum atomic E-state index is -0.0931. The molecular weight excluding hydrogens is 348 g/mol. The summed E-state index contributed by atoms with van der Waals surface area (Å²) in [5.41, 5.74) is 0.727. The smallest absolute Gasteiger partial charge is 0.234 e. The molecule has 0 bridgehead atoms. The lowest BCUT2D eigenvalue weighted by Crippen LogP contribution is -2.14. The van der Waals surface area contributed by atoms with Crippen molar-refractivity contribution in [2.75, 3.05) is 11.1 Å². The minimum absolute atomic E-state index is 0.0931. The summed E-state index contributed by atoms with van der Waals surface area (Å²) in [7, 11) is 0. The van der Waals surface area contributed by atoms with Crippen LogP contribution in [0.15, 0.2) is 59.8 Å². The van der Waals surface area contributed by atoms with Gasteiger partial charge in [0.1, 0.15) is 17.3 Å². The number of nitrogens with one attached hydrogen (secondary N) is 2. The van der Waals surface area contributed by atoms with E-state index in [2.05, 4.69) is 20.5 Å². The summed E-state index contributed by atoms with van der Waals surface area (Å²) in [6.07, 6.45) is 2.34. The van der Waals surface area contributed by atoms with Crippen LogP contribution < -0.4 is 10.1 Å². The summed E-state index contributed by atoms with van der Waals surface area (Å²) < 4.78 is 5.73. The number of carbonyl (C=O) groups excluding carboxylic acids is 1. The van der Waals surface area contributed by atoms with E-state index in [0.29, 0.717) is 11.1 Å². The van der Waals surface area contributed by atoms with Crippen molar-refractivity contribution in [2.24, 2.45) is 0 Å². The fourth-order valence-electron chi connectivity index (χ4n) is 2.42. The van der Waals surface area contributed by atoms with Crippen LogP contribution in [0.3, 0.4) is 0 Å². The SMILES string of the molecule is O=C(CSc1n[nH]c(C2CC2)n1)Nc1ccc(Oc2ccccc2)cc1. The number of nitrogens with zero attached hydrogens (tertiary/aromatic N) is 2. The molecular formula is C19H18N4O2S. The number of H-pyrrole nitrogens is 1. The van der Waals surface area contributed by atoms with E-state index in [4.69, 9.17) is 4.74 Å². The molecule has 4 rings (SSSR count). The third-order valence-electron chi connectivity index (χ3n) is 3.90. The molecule has 2 aromatic carbocycles. The Bertz CT molecular complexity index is 876. The fraction of sp³-hybridized carbons (Fsp3) is 0.211. The Hall–Kier alpha value is -2.80. The van der Waals surface area contributed by atoms with Crippen molar-refractivity contribution in [1.82, 2.24) is 15.2 Å². The number of hydrogen-bond acceptors (Lipinski definition) is 5. The third-order valence-corrected chi connectivity index (χ3v) is 4.74. The molecule has 1 saturated carbocycles. The Morgan fingerprint density at radius 1 is 1.12 bits per heavy atom. The van der Waals surface area contributed by atoms with Gasteiger partial charge < -0.3 is 10.1 Å². The van der Waals surface area contributed by atoms with Crippen LogP contribution in [0.4, 0.5) is 5.69 Å². The zero-order valence-electron chi connectivity index (χ0n) is 14.0. The molecule has 1 aliphatic carbocycles. The van der Waals surface area contributed by atoms with Gasteiger partial charge in [0.15, 0.2) is 0 Å². The van der Waals surface area contributed by atoms with Gasteiger partial charge in [-0.1, -0.05) is 30.0 Å². The highest BCUT2D eigenvalue weighted by Gasteiger charge is 2.27. The highest BCUT2D eigenvalue weighted by atomic mass is 32.2. The van der Waals surface area contributed by atoms with Gasteiger partial charge in [0.25, 0.3) is 0 Å². The number of thioether (sulfide) groups is 1. The second kappa shape index (κ2) is 7.61. The van der Waals surface area contributed by atoms with Crippen molar-refractivity contribution in [3.8, 4) is 11.5 Å². The van der Waals surface area contributed by atoms with E-state index in [-0.39, 0.29) is 11.7 Å². The lowest BCUT2D eigenvalue weighted by molar-refractivity contribution is -0.113. The minimum Gasteiger partial charge on any atom is -0.457 e. The van der Waals surface area contributed by atoms with Crippen LogP contribution in [0.2, 0.25) is 0 Å². The molecule has 1 amide bonds. The lowest BCUT2D eigenvalue weighted by atomic mass is 10.3. The highest BCUT2D eigenvalue weighted by Crippen LogP contribution is 2.38. The van der Waals surface area contributed by atoms with Crippen molar-refractivity contribution in [1.29, 1.82) is 0 Å². The van der Waals surface area contributed by atoms with Gasteiger partial charge in [0, 0.05) is 11.6 Å². The standard InChI is InChI=1S/C19H18N4O2S/c24-17(12-26-19-21-18(22-23-19)13-6-7-13)20-14-8-10-16(11-9-14)25-15-4-2-1-3-5-15/h1-5,8-11,13H,6-7,12H2,(H,20,24)(H,21,22,23). The first-order valence-electron chi connectivity index (χ1n) is 8.44. The number of aromatic nitrogens is 3. The monoisotopic (exact) mass is 366 g/mol. The lowest BCUT2D eigenvalue weighted by Gasteiger charge is -2.07. The Labute approximate surface area is 155 Å². The molecule has 3 aromatic rings. The molecule has 1 aliphatic rings. The summed E-state index contributed by atoms with van der Waals surface area (Å²) in [6.45, 7) is 0. The zero-order chi connectivity index (χ0) is 17.8. The molecule has 0 atom stereocenters. The van der Waals surface area contributed by atoms with Crippen LogP contribution in [0, 0.1) is 0 Å². The van der Waals surface area contributed by atoms with Gasteiger partial charge in [-0.3, -0.25) is 9.89 Å². The van der Waals surface area contributed by atoms with E-state index >= 15 is 0 Å². The average molecular weight is 366 g/mol. The van der Waals surface area contributed by atoms with E-state index < -0.39 is 0 Å². The molecule has 0 saturated heterocycles. The molecule has 0 unspecified atom stereocenters. The molecule has 2 N–H and O–H groups in total. The van der Waals surface area contributed by atoms with Crippen molar-refractivity contribution >= 4 is 23.4 Å². The molecule has 0 spiro atoms. The van der Waals surface area contributed by atoms with Gasteiger partial charge in [0.05, 0.1) is 5.75 Å². The van der Waals surface area contributed by atoms with Crippen LogP contribution in [0.25, 0.3) is 0 Å². The zero-order valence-corrected chi connectivity index (χ0v) is 14.8. The second-order valence-electron chi connectivity index (χ2n) is 6.05. The highest BCUT2D eigenvalue weighted by molar-refractivity contribution is 7.99. The van der Waals surface area contributed by atoms with E-state index in [0.717, 1.165) is 23.0 Å². The third kappa shape index (κ3) is 4.43. The average Bonchev–Trinajstić information content (AvgIpc) is 3.41. The number of rotatable bonds is 7. The van der Waals surface area contributed by atoms with Gasteiger partial charge in [0.2, 0.25) is 11.1 Å². The fourth-order valence-corrected chi connectivity index (χ4v) is 3.03. The maximum atomic E-state index is 12.1. The number of carbonyl (C=O) groups is 1. The molecule has 1 aromatic heterocycles.